The number of hydrogen-bond acceptors (Lipinski definition) is 4. The van der Waals surface area contributed by atoms with Crippen molar-refractivity contribution >= 4 is 41.3 Å². The van der Waals surface area contributed by atoms with E-state index in [-0.39, 0.29) is 18.5 Å². The van der Waals surface area contributed by atoms with Gasteiger partial charge in [0.25, 0.3) is 0 Å². The quantitative estimate of drug-likeness (QED) is 0.526. The van der Waals surface area contributed by atoms with Crippen LogP contribution in [0.1, 0.15) is 11.6 Å². The highest BCUT2D eigenvalue weighted by molar-refractivity contribution is 7.71. The van der Waals surface area contributed by atoms with Crippen molar-refractivity contribution in [2.24, 2.45) is 0 Å². The SMILES string of the molecule is CN(C)C(CNC(=O)Cn1c(-c2ccc(Cl)cc2)n[nH]c1=S)c1ccccc1Cl. The third-order valence-electron chi connectivity index (χ3n) is 4.54. The van der Waals surface area contributed by atoms with Gasteiger partial charge in [-0.15, -0.1) is 0 Å². The Bertz CT molecular complexity index is 1050. The molecule has 2 N–H and O–H groups in total. The summed E-state index contributed by atoms with van der Waals surface area (Å²) in [6.45, 7) is 0.465. The van der Waals surface area contributed by atoms with Gasteiger partial charge in [0.1, 0.15) is 6.54 Å². The van der Waals surface area contributed by atoms with E-state index in [1.807, 2.05) is 55.4 Å². The zero-order chi connectivity index (χ0) is 21.0. The number of H-pyrrole nitrogens is 1. The van der Waals surface area contributed by atoms with E-state index in [0.29, 0.717) is 27.2 Å². The van der Waals surface area contributed by atoms with Crippen LogP contribution in [-0.2, 0) is 11.3 Å². The van der Waals surface area contributed by atoms with Crippen molar-refractivity contribution in [3.8, 4) is 11.4 Å². The number of halogens is 2. The van der Waals surface area contributed by atoms with Crippen LogP contribution >= 0.6 is 35.4 Å². The van der Waals surface area contributed by atoms with Gasteiger partial charge in [-0.1, -0.05) is 41.4 Å². The summed E-state index contributed by atoms with van der Waals surface area (Å²) in [4.78, 5) is 14.7. The summed E-state index contributed by atoms with van der Waals surface area (Å²) >= 11 is 17.6. The zero-order valence-corrected chi connectivity index (χ0v) is 18.4. The lowest BCUT2D eigenvalue weighted by Gasteiger charge is -2.26. The minimum absolute atomic E-state index is 0.0516. The normalized spacial score (nSPS) is 12.2. The molecule has 0 aliphatic carbocycles. The Labute approximate surface area is 184 Å². The fraction of sp³-hybridized carbons (Fsp3) is 0.250. The van der Waals surface area contributed by atoms with E-state index < -0.39 is 0 Å². The second kappa shape index (κ2) is 9.54. The topological polar surface area (TPSA) is 66.0 Å². The van der Waals surface area contributed by atoms with Gasteiger partial charge in [-0.3, -0.25) is 14.5 Å². The maximum absolute atomic E-state index is 12.7. The van der Waals surface area contributed by atoms with Gasteiger partial charge in [0, 0.05) is 22.2 Å². The molecule has 1 unspecified atom stereocenters. The summed E-state index contributed by atoms with van der Waals surface area (Å²) in [7, 11) is 3.90. The molecule has 0 aliphatic heterocycles. The molecule has 3 aromatic rings. The number of amides is 1. The summed E-state index contributed by atoms with van der Waals surface area (Å²) < 4.78 is 2.04. The summed E-state index contributed by atoms with van der Waals surface area (Å²) in [6.07, 6.45) is 0. The average molecular weight is 450 g/mol. The smallest absolute Gasteiger partial charge is 0.240 e. The maximum Gasteiger partial charge on any atom is 0.240 e. The lowest BCUT2D eigenvalue weighted by atomic mass is 10.1. The molecular formula is C20H21Cl2N5OS. The molecule has 9 heteroatoms. The minimum Gasteiger partial charge on any atom is -0.353 e. The molecule has 2 aromatic carbocycles. The van der Waals surface area contributed by atoms with Gasteiger partial charge in [-0.05, 0) is 62.2 Å². The van der Waals surface area contributed by atoms with Crippen molar-refractivity contribution < 1.29 is 4.79 Å². The molecule has 0 aliphatic rings. The average Bonchev–Trinajstić information content (AvgIpc) is 3.04. The van der Waals surface area contributed by atoms with Gasteiger partial charge in [0.05, 0.1) is 6.04 Å². The minimum atomic E-state index is -0.170. The molecule has 0 saturated carbocycles. The van der Waals surface area contributed by atoms with Crippen molar-refractivity contribution in [1.29, 1.82) is 0 Å². The Morgan fingerprint density at radius 3 is 2.55 bits per heavy atom. The van der Waals surface area contributed by atoms with Crippen molar-refractivity contribution in [3.05, 3.63) is 68.9 Å². The first-order valence-corrected chi connectivity index (χ1v) is 10.1. The van der Waals surface area contributed by atoms with Gasteiger partial charge in [0.15, 0.2) is 10.6 Å². The Morgan fingerprint density at radius 1 is 1.21 bits per heavy atom. The Kier molecular flexibility index (Phi) is 7.08. The van der Waals surface area contributed by atoms with Gasteiger partial charge >= 0.3 is 0 Å². The summed E-state index contributed by atoms with van der Waals surface area (Å²) in [5.41, 5.74) is 1.78. The molecule has 1 amide bonds. The molecule has 1 heterocycles. The van der Waals surface area contributed by atoms with Crippen LogP contribution in [0.15, 0.2) is 48.5 Å². The molecule has 0 radical (unpaired) electrons. The van der Waals surface area contributed by atoms with Gasteiger partial charge in [0.2, 0.25) is 5.91 Å². The monoisotopic (exact) mass is 449 g/mol. The number of aromatic amines is 1. The van der Waals surface area contributed by atoms with Crippen molar-refractivity contribution in [2.75, 3.05) is 20.6 Å². The third kappa shape index (κ3) is 5.25. The predicted molar refractivity (Wildman–Crippen MR) is 119 cm³/mol. The lowest BCUT2D eigenvalue weighted by Crippen LogP contribution is -2.36. The molecular weight excluding hydrogens is 429 g/mol. The maximum atomic E-state index is 12.7. The van der Waals surface area contributed by atoms with Crippen LogP contribution in [0.2, 0.25) is 10.0 Å². The summed E-state index contributed by atoms with van der Waals surface area (Å²) in [6, 6.07) is 14.8. The molecule has 1 aromatic heterocycles. The number of rotatable bonds is 7. The molecule has 6 nitrogen and oxygen atoms in total. The van der Waals surface area contributed by atoms with Crippen LogP contribution in [0.4, 0.5) is 0 Å². The fourth-order valence-corrected chi connectivity index (χ4v) is 3.59. The molecule has 152 valence electrons. The number of nitrogens with zero attached hydrogens (tertiary/aromatic N) is 3. The Morgan fingerprint density at radius 2 is 1.90 bits per heavy atom. The molecule has 1 atom stereocenters. The van der Waals surface area contributed by atoms with E-state index in [4.69, 9.17) is 35.4 Å². The van der Waals surface area contributed by atoms with Gasteiger partial charge < -0.3 is 10.2 Å². The van der Waals surface area contributed by atoms with Crippen molar-refractivity contribution in [1.82, 2.24) is 25.0 Å². The molecule has 0 spiro atoms. The van der Waals surface area contributed by atoms with Crippen molar-refractivity contribution in [2.45, 2.75) is 12.6 Å². The zero-order valence-electron chi connectivity index (χ0n) is 16.0. The first kappa shape index (κ1) is 21.5. The molecule has 3 rings (SSSR count). The van der Waals surface area contributed by atoms with E-state index in [9.17, 15) is 4.79 Å². The standard InChI is InChI=1S/C20H21Cl2N5OS/c1-26(2)17(15-5-3-4-6-16(15)22)11-23-18(28)12-27-19(24-25-20(27)29)13-7-9-14(21)10-8-13/h3-10,17H,11-12H2,1-2H3,(H,23,28)(H,25,29). The van der Waals surface area contributed by atoms with E-state index in [1.54, 1.807) is 16.7 Å². The fourth-order valence-electron chi connectivity index (χ4n) is 3.01. The summed E-state index contributed by atoms with van der Waals surface area (Å²) in [5.74, 6) is 0.411. The number of carbonyl (C=O) groups is 1. The second-order valence-electron chi connectivity index (χ2n) is 6.75. The van der Waals surface area contributed by atoms with Crippen LogP contribution in [0, 0.1) is 4.77 Å². The van der Waals surface area contributed by atoms with Crippen LogP contribution in [0.5, 0.6) is 0 Å². The van der Waals surface area contributed by atoms with Crippen LogP contribution < -0.4 is 5.32 Å². The number of hydrogen-bond donors (Lipinski definition) is 2. The highest BCUT2D eigenvalue weighted by Gasteiger charge is 2.19. The molecule has 0 saturated heterocycles. The second-order valence-corrected chi connectivity index (χ2v) is 7.98. The highest BCUT2D eigenvalue weighted by Crippen LogP contribution is 2.25. The van der Waals surface area contributed by atoms with E-state index in [2.05, 4.69) is 15.5 Å². The van der Waals surface area contributed by atoms with Crippen molar-refractivity contribution in [3.63, 3.8) is 0 Å². The summed E-state index contributed by atoms with van der Waals surface area (Å²) in [5, 5.41) is 11.3. The number of carbonyl (C=O) groups excluding carboxylic acids is 1. The lowest BCUT2D eigenvalue weighted by molar-refractivity contribution is -0.121. The van der Waals surface area contributed by atoms with Crippen LogP contribution in [-0.4, -0.2) is 46.2 Å². The highest BCUT2D eigenvalue weighted by atomic mass is 35.5. The number of benzene rings is 2. The Hall–Kier alpha value is -2.19. The van der Waals surface area contributed by atoms with E-state index in [1.165, 1.54) is 0 Å². The van der Waals surface area contributed by atoms with Gasteiger partial charge in [-0.2, -0.15) is 5.10 Å². The number of likely N-dealkylation sites (N-methyl/N-ethyl adjacent to an activating group) is 1. The molecule has 0 fully saturated rings. The first-order valence-electron chi connectivity index (χ1n) is 8.95. The van der Waals surface area contributed by atoms with Crippen LogP contribution in [0.25, 0.3) is 11.4 Å². The van der Waals surface area contributed by atoms with Crippen LogP contribution in [0.3, 0.4) is 0 Å². The third-order valence-corrected chi connectivity index (χ3v) is 5.45. The number of aromatic nitrogens is 3. The molecule has 0 bridgehead atoms. The van der Waals surface area contributed by atoms with E-state index >= 15 is 0 Å². The number of nitrogens with one attached hydrogen (secondary N) is 2. The Balaban J connectivity index is 1.73. The van der Waals surface area contributed by atoms with Gasteiger partial charge in [-0.25, -0.2) is 0 Å². The molecule has 29 heavy (non-hydrogen) atoms. The van der Waals surface area contributed by atoms with E-state index in [0.717, 1.165) is 11.1 Å². The largest absolute Gasteiger partial charge is 0.353 e. The first-order chi connectivity index (χ1) is 13.9. The predicted octanol–water partition coefficient (Wildman–Crippen LogP) is 4.33.